The monoisotopic (exact) mass is 402 g/mol. The van der Waals surface area contributed by atoms with Gasteiger partial charge in [-0.15, -0.1) is 0 Å². The van der Waals surface area contributed by atoms with Crippen LogP contribution < -0.4 is 9.64 Å². The molecular weight excluding hydrogens is 376 g/mol. The highest BCUT2D eigenvalue weighted by molar-refractivity contribution is 7.91. The fourth-order valence-electron chi connectivity index (χ4n) is 3.34. The topological polar surface area (TPSA) is 66.9 Å². The summed E-state index contributed by atoms with van der Waals surface area (Å²) < 4.78 is 30.8. The zero-order valence-electron chi connectivity index (χ0n) is 16.2. The molecule has 0 spiro atoms. The molecule has 0 fully saturated rings. The average Bonchev–Trinajstić information content (AvgIpc) is 2.72. The number of ether oxygens (including phenoxy) is 1. The van der Waals surface area contributed by atoms with Crippen molar-refractivity contribution in [3.63, 3.8) is 0 Å². The molecule has 0 aromatic heterocycles. The molecule has 6 nitrogen and oxygen atoms in total. The highest BCUT2D eigenvalue weighted by Gasteiger charge is 2.27. The molecule has 0 saturated heterocycles. The molecule has 0 radical (unpaired) electrons. The van der Waals surface area contributed by atoms with E-state index < -0.39 is 9.84 Å². The molecular formula is C21H26N2O4S. The van der Waals surface area contributed by atoms with Crippen LogP contribution in [-0.2, 0) is 14.6 Å². The molecule has 1 heterocycles. The lowest BCUT2D eigenvalue weighted by Crippen LogP contribution is -2.47. The smallest absolute Gasteiger partial charge is 0.223 e. The van der Waals surface area contributed by atoms with Crippen LogP contribution in [0.2, 0.25) is 0 Å². The van der Waals surface area contributed by atoms with Gasteiger partial charge in [0.1, 0.15) is 11.9 Å². The molecule has 0 bridgehead atoms. The van der Waals surface area contributed by atoms with E-state index in [-0.39, 0.29) is 29.1 Å². The van der Waals surface area contributed by atoms with Gasteiger partial charge >= 0.3 is 0 Å². The van der Waals surface area contributed by atoms with Crippen molar-refractivity contribution in [2.24, 2.45) is 0 Å². The third kappa shape index (κ3) is 4.65. The van der Waals surface area contributed by atoms with Gasteiger partial charge in [0, 0.05) is 20.0 Å². The van der Waals surface area contributed by atoms with Gasteiger partial charge in [0.15, 0.2) is 9.84 Å². The first kappa shape index (κ1) is 20.2. The molecule has 1 aliphatic heterocycles. The van der Waals surface area contributed by atoms with Crippen molar-refractivity contribution < 1.29 is 17.9 Å². The Balaban J connectivity index is 1.58. The summed E-state index contributed by atoms with van der Waals surface area (Å²) >= 11 is 0. The van der Waals surface area contributed by atoms with Gasteiger partial charge in [0.05, 0.1) is 29.4 Å². The Bertz CT molecular complexity index is 915. The standard InChI is InChI=1S/C21H26N2O4S/c1-3-23-16-17(27-20-12-8-7-11-19(20)23)15-22(2)21(24)13-14-28(25,26)18-9-5-4-6-10-18/h4-12,17H,3,13-16H2,1-2H3/t17-/m0/s1. The number of amides is 1. The van der Waals surface area contributed by atoms with E-state index in [1.165, 1.54) is 0 Å². The Morgan fingerprint density at radius 2 is 1.82 bits per heavy atom. The van der Waals surface area contributed by atoms with E-state index in [9.17, 15) is 13.2 Å². The van der Waals surface area contributed by atoms with Crippen LogP contribution in [0, 0.1) is 0 Å². The largest absolute Gasteiger partial charge is 0.485 e. The lowest BCUT2D eigenvalue weighted by atomic mass is 10.2. The maximum atomic E-state index is 12.5. The van der Waals surface area contributed by atoms with Gasteiger partial charge < -0.3 is 14.5 Å². The number of sulfone groups is 1. The van der Waals surface area contributed by atoms with Gasteiger partial charge in [-0.2, -0.15) is 0 Å². The van der Waals surface area contributed by atoms with E-state index in [4.69, 9.17) is 4.74 Å². The molecule has 150 valence electrons. The summed E-state index contributed by atoms with van der Waals surface area (Å²) in [7, 11) is -1.77. The fraction of sp³-hybridized carbons (Fsp3) is 0.381. The predicted octanol–water partition coefficient (Wildman–Crippen LogP) is 2.60. The van der Waals surface area contributed by atoms with Crippen molar-refractivity contribution in [3.05, 3.63) is 54.6 Å². The van der Waals surface area contributed by atoms with Crippen molar-refractivity contribution in [1.29, 1.82) is 0 Å². The van der Waals surface area contributed by atoms with E-state index in [0.717, 1.165) is 18.0 Å². The Hall–Kier alpha value is -2.54. The molecule has 28 heavy (non-hydrogen) atoms. The quantitative estimate of drug-likeness (QED) is 0.712. The number of hydrogen-bond acceptors (Lipinski definition) is 5. The first-order valence-corrected chi connectivity index (χ1v) is 11.1. The minimum Gasteiger partial charge on any atom is -0.485 e. The number of likely N-dealkylation sites (N-methyl/N-ethyl adjacent to an activating group) is 2. The molecule has 2 aromatic rings. The highest BCUT2D eigenvalue weighted by atomic mass is 32.2. The van der Waals surface area contributed by atoms with Crippen LogP contribution in [0.15, 0.2) is 59.5 Å². The zero-order valence-corrected chi connectivity index (χ0v) is 17.1. The number of benzene rings is 2. The van der Waals surface area contributed by atoms with Crippen LogP contribution in [0.3, 0.4) is 0 Å². The normalized spacial score (nSPS) is 16.2. The van der Waals surface area contributed by atoms with Gasteiger partial charge in [-0.25, -0.2) is 8.42 Å². The number of anilines is 1. The van der Waals surface area contributed by atoms with Crippen LogP contribution in [0.5, 0.6) is 5.75 Å². The van der Waals surface area contributed by atoms with Crippen LogP contribution in [0.1, 0.15) is 13.3 Å². The number of fused-ring (bicyclic) bond motifs is 1. The van der Waals surface area contributed by atoms with Crippen molar-refractivity contribution in [3.8, 4) is 5.75 Å². The summed E-state index contributed by atoms with van der Waals surface area (Å²) in [6.45, 7) is 4.04. The summed E-state index contributed by atoms with van der Waals surface area (Å²) in [5.41, 5.74) is 1.06. The van der Waals surface area contributed by atoms with Crippen LogP contribution in [0.4, 0.5) is 5.69 Å². The van der Waals surface area contributed by atoms with Gasteiger partial charge in [-0.3, -0.25) is 4.79 Å². The molecule has 0 saturated carbocycles. The Kier molecular flexibility index (Phi) is 6.24. The predicted molar refractivity (Wildman–Crippen MR) is 109 cm³/mol. The molecule has 0 unspecified atom stereocenters. The van der Waals surface area contributed by atoms with Crippen molar-refractivity contribution in [2.45, 2.75) is 24.3 Å². The molecule has 2 aromatic carbocycles. The molecule has 0 N–H and O–H groups in total. The van der Waals surface area contributed by atoms with Crippen LogP contribution >= 0.6 is 0 Å². The lowest BCUT2D eigenvalue weighted by molar-refractivity contribution is -0.130. The molecule has 7 heteroatoms. The third-order valence-corrected chi connectivity index (χ3v) is 6.63. The van der Waals surface area contributed by atoms with Crippen molar-refractivity contribution in [2.75, 3.05) is 37.3 Å². The second-order valence-electron chi connectivity index (χ2n) is 6.90. The van der Waals surface area contributed by atoms with Gasteiger partial charge in [0.25, 0.3) is 0 Å². The lowest BCUT2D eigenvalue weighted by Gasteiger charge is -2.37. The average molecular weight is 403 g/mol. The first-order chi connectivity index (χ1) is 13.4. The Labute approximate surface area is 166 Å². The second kappa shape index (κ2) is 8.65. The number of para-hydroxylation sites is 2. The maximum Gasteiger partial charge on any atom is 0.223 e. The SMILES string of the molecule is CCN1C[C@H](CN(C)C(=O)CCS(=O)(=O)c2ccccc2)Oc2ccccc21. The molecule has 0 aliphatic carbocycles. The number of rotatable bonds is 7. The minimum atomic E-state index is -3.46. The first-order valence-electron chi connectivity index (χ1n) is 9.43. The molecule has 3 rings (SSSR count). The maximum absolute atomic E-state index is 12.5. The number of hydrogen-bond donors (Lipinski definition) is 0. The number of carbonyl (C=O) groups is 1. The van der Waals surface area contributed by atoms with Gasteiger partial charge in [-0.05, 0) is 31.2 Å². The van der Waals surface area contributed by atoms with E-state index in [0.29, 0.717) is 13.1 Å². The summed E-state index contributed by atoms with van der Waals surface area (Å²) in [5.74, 6) is 0.411. The van der Waals surface area contributed by atoms with E-state index in [1.54, 1.807) is 42.3 Å². The Morgan fingerprint density at radius 1 is 1.14 bits per heavy atom. The van der Waals surface area contributed by atoms with E-state index in [2.05, 4.69) is 11.8 Å². The van der Waals surface area contributed by atoms with E-state index >= 15 is 0 Å². The number of nitrogens with zero attached hydrogens (tertiary/aromatic N) is 2. The fourth-order valence-corrected chi connectivity index (χ4v) is 4.59. The summed E-state index contributed by atoms with van der Waals surface area (Å²) in [5, 5.41) is 0. The molecule has 1 amide bonds. The van der Waals surface area contributed by atoms with Gasteiger partial charge in [-0.1, -0.05) is 30.3 Å². The van der Waals surface area contributed by atoms with Crippen LogP contribution in [0.25, 0.3) is 0 Å². The van der Waals surface area contributed by atoms with E-state index in [1.807, 2.05) is 24.3 Å². The van der Waals surface area contributed by atoms with Crippen molar-refractivity contribution >= 4 is 21.4 Å². The Morgan fingerprint density at radius 3 is 2.54 bits per heavy atom. The summed E-state index contributed by atoms with van der Waals surface area (Å²) in [4.78, 5) is 16.5. The third-order valence-electron chi connectivity index (χ3n) is 4.90. The van der Waals surface area contributed by atoms with Crippen molar-refractivity contribution in [1.82, 2.24) is 4.90 Å². The summed E-state index contributed by atoms with van der Waals surface area (Å²) in [6.07, 6.45) is -0.205. The minimum absolute atomic E-state index is 0.0471. The van der Waals surface area contributed by atoms with Gasteiger partial charge in [0.2, 0.25) is 5.91 Å². The zero-order chi connectivity index (χ0) is 20.1. The highest BCUT2D eigenvalue weighted by Crippen LogP contribution is 2.32. The molecule has 1 aliphatic rings. The number of carbonyl (C=O) groups excluding carboxylic acids is 1. The molecule has 1 atom stereocenters. The summed E-state index contributed by atoms with van der Waals surface area (Å²) in [6, 6.07) is 16.1. The van der Waals surface area contributed by atoms with Crippen LogP contribution in [-0.4, -0.2) is 57.8 Å². The second-order valence-corrected chi connectivity index (χ2v) is 9.01.